The molecule has 1 aliphatic heterocycles. The van der Waals surface area contributed by atoms with Crippen molar-refractivity contribution in [1.29, 1.82) is 0 Å². The van der Waals surface area contributed by atoms with Crippen LogP contribution >= 0.6 is 0 Å². The zero-order chi connectivity index (χ0) is 21.7. The molecule has 0 fully saturated rings. The van der Waals surface area contributed by atoms with Crippen LogP contribution in [-0.2, 0) is 16.8 Å². The van der Waals surface area contributed by atoms with Crippen molar-refractivity contribution in [2.24, 2.45) is 5.73 Å². The van der Waals surface area contributed by atoms with E-state index in [0.717, 1.165) is 12.1 Å². The second-order valence-corrected chi connectivity index (χ2v) is 8.35. The molecule has 2 heterocycles. The van der Waals surface area contributed by atoms with Crippen molar-refractivity contribution in [2.45, 2.75) is 52.3 Å². The van der Waals surface area contributed by atoms with E-state index < -0.39 is 34.9 Å². The number of urea groups is 1. The fraction of sp³-hybridized carbons (Fsp3) is 0.421. The average Bonchev–Trinajstić information content (AvgIpc) is 3.07. The minimum absolute atomic E-state index is 0.100. The molecule has 3 amide bonds. The Bertz CT molecular complexity index is 994. The number of anilines is 1. The highest BCUT2D eigenvalue weighted by Crippen LogP contribution is 2.43. The number of halogens is 2. The zero-order valence-corrected chi connectivity index (χ0v) is 16.8. The number of aromatic nitrogens is 2. The Balaban J connectivity index is 2.00. The van der Waals surface area contributed by atoms with Gasteiger partial charge in [0.15, 0.2) is 0 Å². The monoisotopic (exact) mass is 407 g/mol. The summed E-state index contributed by atoms with van der Waals surface area (Å²) in [5.41, 5.74) is 4.38. The van der Waals surface area contributed by atoms with Crippen LogP contribution in [0.1, 0.15) is 45.9 Å². The largest absolute Gasteiger partial charge is 0.444 e. The fourth-order valence-corrected chi connectivity index (χ4v) is 3.31. The molecule has 4 N–H and O–H groups in total. The third kappa shape index (κ3) is 3.74. The number of nitrogens with two attached hydrogens (primary N) is 1. The molecule has 0 radical (unpaired) electrons. The van der Waals surface area contributed by atoms with Gasteiger partial charge in [-0.1, -0.05) is 0 Å². The van der Waals surface area contributed by atoms with Gasteiger partial charge in [0.05, 0.1) is 23.5 Å². The average molecular weight is 407 g/mol. The van der Waals surface area contributed by atoms with Crippen molar-refractivity contribution in [2.75, 3.05) is 5.32 Å². The van der Waals surface area contributed by atoms with Gasteiger partial charge in [-0.15, -0.1) is 0 Å². The molecule has 0 saturated heterocycles. The molecule has 8 nitrogen and oxygen atoms in total. The van der Waals surface area contributed by atoms with E-state index in [1.807, 2.05) is 19.2 Å². The predicted octanol–water partition coefficient (Wildman–Crippen LogP) is 3.83. The Morgan fingerprint density at radius 2 is 1.93 bits per heavy atom. The van der Waals surface area contributed by atoms with E-state index >= 15 is 0 Å². The number of benzene rings is 1. The van der Waals surface area contributed by atoms with E-state index in [0.29, 0.717) is 11.3 Å². The molecule has 29 heavy (non-hydrogen) atoms. The van der Waals surface area contributed by atoms with Crippen LogP contribution in [0.3, 0.4) is 0 Å². The van der Waals surface area contributed by atoms with E-state index in [9.17, 15) is 18.4 Å². The summed E-state index contributed by atoms with van der Waals surface area (Å²) in [5, 5.41) is 9.00. The highest BCUT2D eigenvalue weighted by atomic mass is 19.1. The molecule has 3 rings (SSSR count). The number of carbonyl (C=O) groups is 2. The van der Waals surface area contributed by atoms with Gasteiger partial charge in [-0.3, -0.25) is 10.00 Å². The highest BCUT2D eigenvalue weighted by molar-refractivity contribution is 5.88. The van der Waals surface area contributed by atoms with Crippen LogP contribution in [0.4, 0.5) is 24.1 Å². The minimum atomic E-state index is -1.01. The summed E-state index contributed by atoms with van der Waals surface area (Å²) in [5.74, 6) is -1.66. The lowest BCUT2D eigenvalue weighted by atomic mass is 9.98. The standard InChI is InChI=1S/C19H23F2N5O3/c1-18(2,3)29-17(28)26-8-10-14(24-25-15(10)19(26,4)5)9-6-12(21)13(7-11(9)20)23-16(22)27/h6-7H,8H2,1-5H3,(H,24,25)(H3,22,23,27). The number of hydrogen-bond donors (Lipinski definition) is 3. The number of hydrogen-bond acceptors (Lipinski definition) is 4. The molecule has 156 valence electrons. The lowest BCUT2D eigenvalue weighted by Crippen LogP contribution is -2.43. The van der Waals surface area contributed by atoms with Gasteiger partial charge in [-0.05, 0) is 40.7 Å². The molecule has 1 aromatic carbocycles. The molecular weight excluding hydrogens is 384 g/mol. The van der Waals surface area contributed by atoms with Crippen molar-refractivity contribution >= 4 is 17.8 Å². The zero-order valence-electron chi connectivity index (χ0n) is 16.8. The smallest absolute Gasteiger partial charge is 0.411 e. The lowest BCUT2D eigenvalue weighted by molar-refractivity contribution is 0.00450. The molecule has 2 aromatic rings. The first kappa shape index (κ1) is 20.6. The maximum atomic E-state index is 14.7. The second-order valence-electron chi connectivity index (χ2n) is 8.35. The van der Waals surface area contributed by atoms with Gasteiger partial charge in [0, 0.05) is 17.2 Å². The Morgan fingerprint density at radius 3 is 2.52 bits per heavy atom. The first-order valence-electron chi connectivity index (χ1n) is 8.95. The van der Waals surface area contributed by atoms with Crippen LogP contribution in [-0.4, -0.2) is 32.8 Å². The number of fused-ring (bicyclic) bond motifs is 1. The number of primary amides is 1. The Morgan fingerprint density at radius 1 is 1.28 bits per heavy atom. The van der Waals surface area contributed by atoms with Gasteiger partial charge < -0.3 is 15.8 Å². The van der Waals surface area contributed by atoms with Crippen molar-refractivity contribution < 1.29 is 23.1 Å². The normalized spacial score (nSPS) is 15.2. The molecule has 0 saturated carbocycles. The van der Waals surface area contributed by atoms with E-state index in [4.69, 9.17) is 10.5 Å². The molecule has 10 heteroatoms. The minimum Gasteiger partial charge on any atom is -0.444 e. The molecular formula is C19H23F2N5O3. The highest BCUT2D eigenvalue weighted by Gasteiger charge is 2.45. The maximum absolute atomic E-state index is 14.7. The van der Waals surface area contributed by atoms with Gasteiger partial charge in [0.25, 0.3) is 0 Å². The summed E-state index contributed by atoms with van der Waals surface area (Å²) in [7, 11) is 0. The van der Waals surface area contributed by atoms with Crippen LogP contribution in [0.15, 0.2) is 12.1 Å². The van der Waals surface area contributed by atoms with E-state index in [-0.39, 0.29) is 23.5 Å². The van der Waals surface area contributed by atoms with Crippen molar-refractivity contribution in [3.63, 3.8) is 0 Å². The number of nitrogens with zero attached hydrogens (tertiary/aromatic N) is 2. The molecule has 0 aliphatic carbocycles. The number of aromatic amines is 1. The summed E-state index contributed by atoms with van der Waals surface area (Å²) in [6.45, 7) is 9.02. The van der Waals surface area contributed by atoms with Gasteiger partial charge in [-0.25, -0.2) is 18.4 Å². The summed E-state index contributed by atoms with van der Waals surface area (Å²) >= 11 is 0. The third-order valence-electron chi connectivity index (χ3n) is 4.65. The maximum Gasteiger partial charge on any atom is 0.411 e. The number of rotatable bonds is 2. The molecule has 1 aliphatic rings. The van der Waals surface area contributed by atoms with E-state index in [2.05, 4.69) is 10.2 Å². The lowest BCUT2D eigenvalue weighted by Gasteiger charge is -2.33. The second kappa shape index (κ2) is 6.71. The number of nitrogens with one attached hydrogen (secondary N) is 2. The number of H-pyrrole nitrogens is 1. The molecule has 0 bridgehead atoms. The quantitative estimate of drug-likeness (QED) is 0.702. The van der Waals surface area contributed by atoms with Gasteiger partial charge in [0.1, 0.15) is 22.9 Å². The van der Waals surface area contributed by atoms with Crippen molar-refractivity contribution in [3.05, 3.63) is 35.0 Å². The summed E-state index contributed by atoms with van der Waals surface area (Å²) < 4.78 is 34.4. The van der Waals surface area contributed by atoms with Crippen LogP contribution in [0.25, 0.3) is 11.3 Å². The molecule has 0 atom stereocenters. The number of ether oxygens (including phenoxy) is 1. The van der Waals surface area contributed by atoms with Crippen molar-refractivity contribution in [3.8, 4) is 11.3 Å². The van der Waals surface area contributed by atoms with E-state index in [1.54, 1.807) is 20.8 Å². The van der Waals surface area contributed by atoms with Gasteiger partial charge in [0.2, 0.25) is 0 Å². The molecule has 0 unspecified atom stereocenters. The third-order valence-corrected chi connectivity index (χ3v) is 4.65. The summed E-state index contributed by atoms with van der Waals surface area (Å²) in [6, 6.07) is 0.758. The van der Waals surface area contributed by atoms with Crippen LogP contribution < -0.4 is 11.1 Å². The van der Waals surface area contributed by atoms with Crippen LogP contribution in [0, 0.1) is 11.6 Å². The number of carbonyl (C=O) groups excluding carboxylic acids is 2. The predicted molar refractivity (Wildman–Crippen MR) is 102 cm³/mol. The van der Waals surface area contributed by atoms with Crippen molar-refractivity contribution in [1.82, 2.24) is 15.1 Å². The Kier molecular flexibility index (Phi) is 4.76. The van der Waals surface area contributed by atoms with Crippen LogP contribution in [0.2, 0.25) is 0 Å². The topological polar surface area (TPSA) is 113 Å². The SMILES string of the molecule is CC(C)(C)OC(=O)N1Cc2c(-c3cc(F)c(NC(N)=O)cc3F)n[nH]c2C1(C)C. The van der Waals surface area contributed by atoms with Gasteiger partial charge >= 0.3 is 12.1 Å². The fourth-order valence-electron chi connectivity index (χ4n) is 3.31. The molecule has 0 spiro atoms. The summed E-state index contributed by atoms with van der Waals surface area (Å²) in [6.07, 6.45) is -0.522. The summed E-state index contributed by atoms with van der Waals surface area (Å²) in [4.78, 5) is 25.1. The number of amides is 3. The first-order chi connectivity index (χ1) is 13.3. The Hall–Kier alpha value is -3.17. The van der Waals surface area contributed by atoms with Crippen LogP contribution in [0.5, 0.6) is 0 Å². The Labute approximate surface area is 166 Å². The van der Waals surface area contributed by atoms with E-state index in [1.165, 1.54) is 4.90 Å². The molecule has 1 aromatic heterocycles. The van der Waals surface area contributed by atoms with Gasteiger partial charge in [-0.2, -0.15) is 5.10 Å². The first-order valence-corrected chi connectivity index (χ1v) is 8.95.